The van der Waals surface area contributed by atoms with E-state index in [4.69, 9.17) is 11.6 Å². The van der Waals surface area contributed by atoms with E-state index in [2.05, 4.69) is 10.2 Å². The third kappa shape index (κ3) is 2.45. The van der Waals surface area contributed by atoms with Gasteiger partial charge < -0.3 is 9.47 Å². The fraction of sp³-hybridized carbons (Fsp3) is 0.250. The van der Waals surface area contributed by atoms with Crippen molar-refractivity contribution in [3.8, 4) is 0 Å². The Morgan fingerprint density at radius 2 is 2.19 bits per heavy atom. The van der Waals surface area contributed by atoms with Crippen molar-refractivity contribution in [1.82, 2.24) is 19.7 Å². The maximum Gasteiger partial charge on any atom is 0.287 e. The van der Waals surface area contributed by atoms with E-state index in [0.29, 0.717) is 31.0 Å². The predicted molar refractivity (Wildman–Crippen MR) is 72.9 cm³/mol. The van der Waals surface area contributed by atoms with Gasteiger partial charge in [-0.2, -0.15) is 0 Å². The second kappa shape index (κ2) is 5.13. The quantitative estimate of drug-likeness (QED) is 0.619. The van der Waals surface area contributed by atoms with Gasteiger partial charge >= 0.3 is 0 Å². The molecule has 21 heavy (non-hydrogen) atoms. The minimum Gasteiger partial charge on any atom is -0.329 e. The molecule has 0 N–H and O–H groups in total. The molecule has 0 aliphatic carbocycles. The van der Waals surface area contributed by atoms with Crippen LogP contribution in [0.5, 0.6) is 0 Å². The van der Waals surface area contributed by atoms with Gasteiger partial charge in [-0.05, 0) is 12.1 Å². The van der Waals surface area contributed by atoms with Gasteiger partial charge in [-0.3, -0.25) is 14.9 Å². The van der Waals surface area contributed by atoms with E-state index in [1.165, 1.54) is 18.2 Å². The number of hydrogen-bond donors (Lipinski definition) is 0. The second-order valence-electron chi connectivity index (χ2n) is 4.59. The molecular formula is C12H10ClN5O3. The van der Waals surface area contributed by atoms with Crippen molar-refractivity contribution in [2.24, 2.45) is 0 Å². The minimum atomic E-state index is -0.583. The molecule has 0 spiro atoms. The van der Waals surface area contributed by atoms with Gasteiger partial charge in [-0.1, -0.05) is 11.6 Å². The molecule has 0 bridgehead atoms. The average molecular weight is 308 g/mol. The van der Waals surface area contributed by atoms with Crippen molar-refractivity contribution < 1.29 is 9.72 Å². The molecule has 108 valence electrons. The van der Waals surface area contributed by atoms with Crippen LogP contribution in [0.3, 0.4) is 0 Å². The summed E-state index contributed by atoms with van der Waals surface area (Å²) in [6.45, 7) is 1.50. The molecule has 2 aromatic rings. The summed E-state index contributed by atoms with van der Waals surface area (Å²) >= 11 is 5.83. The van der Waals surface area contributed by atoms with Crippen LogP contribution in [-0.2, 0) is 13.1 Å². The minimum absolute atomic E-state index is 0.0500. The number of rotatable bonds is 2. The SMILES string of the molecule is O=C(c1ccc([N+](=O)[O-])c(Cl)c1)N1CCn2cnnc2C1. The number of nitrogens with zero attached hydrogens (tertiary/aromatic N) is 5. The lowest BCUT2D eigenvalue weighted by atomic mass is 10.1. The zero-order valence-electron chi connectivity index (χ0n) is 10.8. The lowest BCUT2D eigenvalue weighted by Gasteiger charge is -2.27. The molecule has 1 aromatic carbocycles. The average Bonchev–Trinajstić information content (AvgIpc) is 2.93. The highest BCUT2D eigenvalue weighted by Gasteiger charge is 2.24. The van der Waals surface area contributed by atoms with Crippen molar-refractivity contribution >= 4 is 23.2 Å². The number of hydrogen-bond acceptors (Lipinski definition) is 5. The maximum atomic E-state index is 12.4. The molecule has 0 unspecified atom stereocenters. The molecule has 1 aromatic heterocycles. The summed E-state index contributed by atoms with van der Waals surface area (Å²) in [5.74, 6) is 0.476. The predicted octanol–water partition coefficient (Wildman–Crippen LogP) is 1.50. The monoisotopic (exact) mass is 307 g/mol. The zero-order valence-corrected chi connectivity index (χ0v) is 11.5. The number of amides is 1. The van der Waals surface area contributed by atoms with Crippen molar-refractivity contribution in [1.29, 1.82) is 0 Å². The molecule has 8 nitrogen and oxygen atoms in total. The second-order valence-corrected chi connectivity index (χ2v) is 5.00. The number of nitro groups is 1. The van der Waals surface area contributed by atoms with Crippen LogP contribution >= 0.6 is 11.6 Å². The number of benzene rings is 1. The molecular weight excluding hydrogens is 298 g/mol. The number of halogens is 1. The summed E-state index contributed by atoms with van der Waals surface area (Å²) in [5.41, 5.74) is 0.102. The molecule has 9 heteroatoms. The van der Waals surface area contributed by atoms with Crippen LogP contribution in [0.1, 0.15) is 16.2 Å². The van der Waals surface area contributed by atoms with Gasteiger partial charge in [0.2, 0.25) is 0 Å². The van der Waals surface area contributed by atoms with Crippen LogP contribution in [0, 0.1) is 10.1 Å². The van der Waals surface area contributed by atoms with Crippen molar-refractivity contribution in [3.63, 3.8) is 0 Å². The van der Waals surface area contributed by atoms with Gasteiger partial charge in [0, 0.05) is 24.7 Å². The van der Waals surface area contributed by atoms with E-state index in [1.54, 1.807) is 11.2 Å². The first-order valence-corrected chi connectivity index (χ1v) is 6.54. The number of nitro benzene ring substituents is 1. The molecule has 0 fully saturated rings. The van der Waals surface area contributed by atoms with E-state index in [1.807, 2.05) is 4.57 Å². The van der Waals surface area contributed by atoms with E-state index in [9.17, 15) is 14.9 Å². The van der Waals surface area contributed by atoms with E-state index in [0.717, 1.165) is 0 Å². The fourth-order valence-corrected chi connectivity index (χ4v) is 2.46. The fourth-order valence-electron chi connectivity index (χ4n) is 2.21. The normalized spacial score (nSPS) is 13.9. The summed E-state index contributed by atoms with van der Waals surface area (Å²) in [6.07, 6.45) is 1.62. The molecule has 2 heterocycles. The summed E-state index contributed by atoms with van der Waals surface area (Å²) in [6, 6.07) is 3.97. The van der Waals surface area contributed by atoms with Crippen LogP contribution < -0.4 is 0 Å². The van der Waals surface area contributed by atoms with Gasteiger partial charge in [-0.25, -0.2) is 0 Å². The van der Waals surface area contributed by atoms with E-state index >= 15 is 0 Å². The van der Waals surface area contributed by atoms with Crippen LogP contribution in [0.25, 0.3) is 0 Å². The molecule has 3 rings (SSSR count). The van der Waals surface area contributed by atoms with Gasteiger partial charge in [0.1, 0.15) is 11.3 Å². The van der Waals surface area contributed by atoms with Crippen LogP contribution in [-0.4, -0.2) is 37.0 Å². The Hall–Kier alpha value is -2.48. The molecule has 0 atom stereocenters. The van der Waals surface area contributed by atoms with Crippen LogP contribution in [0.15, 0.2) is 24.5 Å². The molecule has 0 radical (unpaired) electrons. The maximum absolute atomic E-state index is 12.4. The molecule has 0 saturated heterocycles. The first-order valence-electron chi connectivity index (χ1n) is 6.16. The Labute approximate surface area is 124 Å². The zero-order chi connectivity index (χ0) is 15.0. The van der Waals surface area contributed by atoms with Crippen molar-refractivity contribution in [3.05, 3.63) is 51.1 Å². The third-order valence-electron chi connectivity index (χ3n) is 3.32. The Balaban J connectivity index is 1.83. The lowest BCUT2D eigenvalue weighted by Crippen LogP contribution is -2.38. The van der Waals surface area contributed by atoms with Gasteiger partial charge in [0.15, 0.2) is 5.82 Å². The van der Waals surface area contributed by atoms with E-state index < -0.39 is 4.92 Å². The molecule has 1 amide bonds. The summed E-state index contributed by atoms with van der Waals surface area (Å²) in [5, 5.41) is 18.4. The number of aromatic nitrogens is 3. The smallest absolute Gasteiger partial charge is 0.287 e. The molecule has 0 saturated carbocycles. The van der Waals surface area contributed by atoms with Crippen LogP contribution in [0.2, 0.25) is 5.02 Å². The Bertz CT molecular complexity index is 729. The highest BCUT2D eigenvalue weighted by molar-refractivity contribution is 6.33. The van der Waals surface area contributed by atoms with Gasteiger partial charge in [0.05, 0.1) is 11.5 Å². The number of carbonyl (C=O) groups excluding carboxylic acids is 1. The summed E-state index contributed by atoms with van der Waals surface area (Å²) in [7, 11) is 0. The van der Waals surface area contributed by atoms with Gasteiger partial charge in [-0.15, -0.1) is 10.2 Å². The largest absolute Gasteiger partial charge is 0.329 e. The number of carbonyl (C=O) groups is 1. The van der Waals surface area contributed by atoms with Gasteiger partial charge in [0.25, 0.3) is 11.6 Å². The molecule has 1 aliphatic rings. The van der Waals surface area contributed by atoms with E-state index in [-0.39, 0.29) is 16.6 Å². The highest BCUT2D eigenvalue weighted by atomic mass is 35.5. The summed E-state index contributed by atoms with van der Waals surface area (Å²) in [4.78, 5) is 24.2. The standard InChI is InChI=1S/C12H10ClN5O3/c13-9-5-8(1-2-10(9)18(20)21)12(19)16-3-4-17-7-14-15-11(17)6-16/h1-2,5,7H,3-4,6H2. The Kier molecular flexibility index (Phi) is 3.30. The highest BCUT2D eigenvalue weighted by Crippen LogP contribution is 2.26. The van der Waals surface area contributed by atoms with Crippen molar-refractivity contribution in [2.45, 2.75) is 13.1 Å². The summed E-state index contributed by atoms with van der Waals surface area (Å²) < 4.78 is 1.88. The molecule has 1 aliphatic heterocycles. The third-order valence-corrected chi connectivity index (χ3v) is 3.62. The topological polar surface area (TPSA) is 94.2 Å². The Morgan fingerprint density at radius 3 is 2.90 bits per heavy atom. The lowest BCUT2D eigenvalue weighted by molar-refractivity contribution is -0.384. The Morgan fingerprint density at radius 1 is 1.38 bits per heavy atom. The number of fused-ring (bicyclic) bond motifs is 1. The van der Waals surface area contributed by atoms with Crippen LogP contribution in [0.4, 0.5) is 5.69 Å². The van der Waals surface area contributed by atoms with Crippen molar-refractivity contribution in [2.75, 3.05) is 6.54 Å². The first kappa shape index (κ1) is 13.5. The first-order chi connectivity index (χ1) is 10.1.